The van der Waals surface area contributed by atoms with E-state index in [9.17, 15) is 13.2 Å². The summed E-state index contributed by atoms with van der Waals surface area (Å²) >= 11 is 1.23. The van der Waals surface area contributed by atoms with Crippen LogP contribution in [-0.2, 0) is 20.2 Å². The van der Waals surface area contributed by atoms with Crippen LogP contribution in [0.25, 0.3) is 0 Å². The van der Waals surface area contributed by atoms with Crippen LogP contribution in [0.15, 0.2) is 46.0 Å². The van der Waals surface area contributed by atoms with Crippen molar-refractivity contribution in [3.8, 4) is 0 Å². The summed E-state index contributed by atoms with van der Waals surface area (Å²) < 4.78 is 27.1. The van der Waals surface area contributed by atoms with Gasteiger partial charge in [0.1, 0.15) is 4.21 Å². The van der Waals surface area contributed by atoms with Gasteiger partial charge in [-0.2, -0.15) is 4.31 Å². The minimum Gasteiger partial charge on any atom is -0.349 e. The van der Waals surface area contributed by atoms with Gasteiger partial charge in [-0.1, -0.05) is 51.1 Å². The summed E-state index contributed by atoms with van der Waals surface area (Å²) in [5.41, 5.74) is 2.44. The van der Waals surface area contributed by atoms with Gasteiger partial charge in [-0.15, -0.1) is 11.3 Å². The minimum atomic E-state index is -3.43. The van der Waals surface area contributed by atoms with Gasteiger partial charge >= 0.3 is 0 Å². The Morgan fingerprint density at radius 2 is 1.76 bits per heavy atom. The van der Waals surface area contributed by atoms with E-state index in [-0.39, 0.29) is 23.3 Å². The third kappa shape index (κ3) is 5.08. The predicted molar refractivity (Wildman–Crippen MR) is 118 cm³/mol. The molecule has 1 aromatic heterocycles. The van der Waals surface area contributed by atoms with Crippen molar-refractivity contribution in [3.05, 3.63) is 52.9 Å². The fraction of sp³-hybridized carbons (Fsp3) is 0.500. The Morgan fingerprint density at radius 3 is 2.28 bits per heavy atom. The highest BCUT2D eigenvalue weighted by Crippen LogP contribution is 2.27. The van der Waals surface area contributed by atoms with E-state index in [1.54, 1.807) is 17.5 Å². The van der Waals surface area contributed by atoms with Gasteiger partial charge in [-0.3, -0.25) is 4.79 Å². The Bertz CT molecular complexity index is 921. The molecule has 2 aromatic rings. The van der Waals surface area contributed by atoms with E-state index >= 15 is 0 Å². The molecule has 1 amide bonds. The summed E-state index contributed by atoms with van der Waals surface area (Å²) in [5.74, 6) is -0.147. The summed E-state index contributed by atoms with van der Waals surface area (Å²) in [6, 6.07) is 11.7. The Morgan fingerprint density at radius 1 is 1.14 bits per heavy atom. The number of amides is 1. The lowest BCUT2D eigenvalue weighted by Gasteiger charge is -2.31. The van der Waals surface area contributed by atoms with Crippen LogP contribution in [0.5, 0.6) is 0 Å². The van der Waals surface area contributed by atoms with Crippen LogP contribution in [0.1, 0.15) is 57.7 Å². The van der Waals surface area contributed by atoms with E-state index < -0.39 is 10.0 Å². The summed E-state index contributed by atoms with van der Waals surface area (Å²) in [7, 11) is -3.43. The van der Waals surface area contributed by atoms with Gasteiger partial charge in [0.05, 0.1) is 6.04 Å². The molecule has 2 heterocycles. The van der Waals surface area contributed by atoms with Crippen molar-refractivity contribution in [1.82, 2.24) is 9.62 Å². The Kier molecular flexibility index (Phi) is 6.51. The monoisotopic (exact) mass is 434 g/mol. The Labute approximate surface area is 178 Å². The van der Waals surface area contributed by atoms with Crippen molar-refractivity contribution in [3.63, 3.8) is 0 Å². The topological polar surface area (TPSA) is 66.5 Å². The first-order valence-corrected chi connectivity index (χ1v) is 12.4. The molecule has 1 aliphatic heterocycles. The first-order valence-electron chi connectivity index (χ1n) is 10.0. The normalized spacial score (nSPS) is 17.8. The van der Waals surface area contributed by atoms with Gasteiger partial charge in [0.25, 0.3) is 10.0 Å². The lowest BCUT2D eigenvalue weighted by Crippen LogP contribution is -2.43. The molecule has 29 heavy (non-hydrogen) atoms. The number of rotatable bonds is 5. The van der Waals surface area contributed by atoms with Crippen LogP contribution in [0.4, 0.5) is 0 Å². The second-order valence-electron chi connectivity index (χ2n) is 8.71. The molecular formula is C22H30N2O3S2. The van der Waals surface area contributed by atoms with E-state index in [0.717, 1.165) is 5.56 Å². The van der Waals surface area contributed by atoms with Crippen molar-refractivity contribution < 1.29 is 13.2 Å². The average molecular weight is 435 g/mol. The van der Waals surface area contributed by atoms with Crippen LogP contribution in [0.2, 0.25) is 0 Å². The summed E-state index contributed by atoms with van der Waals surface area (Å²) in [6.07, 6.45) is 1.10. The van der Waals surface area contributed by atoms with Crippen molar-refractivity contribution in [2.24, 2.45) is 5.92 Å². The number of hydrogen-bond donors (Lipinski definition) is 1. The number of carbonyl (C=O) groups is 1. The molecule has 1 N–H and O–H groups in total. The number of nitrogens with zero attached hydrogens (tertiary/aromatic N) is 1. The molecular weight excluding hydrogens is 404 g/mol. The molecule has 3 rings (SSSR count). The van der Waals surface area contributed by atoms with Gasteiger partial charge < -0.3 is 5.32 Å². The largest absolute Gasteiger partial charge is 0.349 e. The SMILES string of the molecule is CC(NC(=O)C1CCN(S(=O)(=O)c2cccs2)CC1)c1ccc(C(C)(C)C)cc1. The predicted octanol–water partition coefficient (Wildman–Crippen LogP) is 4.32. The number of sulfonamides is 1. The van der Waals surface area contributed by atoms with Crippen LogP contribution < -0.4 is 5.32 Å². The molecule has 7 heteroatoms. The fourth-order valence-corrected chi connectivity index (χ4v) is 6.20. The summed E-state index contributed by atoms with van der Waals surface area (Å²) in [5, 5.41) is 4.87. The highest BCUT2D eigenvalue weighted by Gasteiger charge is 2.33. The van der Waals surface area contributed by atoms with Gasteiger partial charge in [-0.25, -0.2) is 8.42 Å². The molecule has 1 saturated heterocycles. The average Bonchev–Trinajstić information content (AvgIpc) is 3.23. The Balaban J connectivity index is 1.56. The molecule has 1 aromatic carbocycles. The van der Waals surface area contributed by atoms with Gasteiger partial charge in [0.15, 0.2) is 0 Å². The molecule has 158 valence electrons. The van der Waals surface area contributed by atoms with Crippen LogP contribution in [0.3, 0.4) is 0 Å². The van der Waals surface area contributed by atoms with Crippen molar-refractivity contribution in [1.29, 1.82) is 0 Å². The molecule has 0 spiro atoms. The van der Waals surface area contributed by atoms with Crippen LogP contribution in [0, 0.1) is 5.92 Å². The van der Waals surface area contributed by atoms with E-state index in [1.165, 1.54) is 21.2 Å². The van der Waals surface area contributed by atoms with Gasteiger partial charge in [-0.05, 0) is 47.8 Å². The Hall–Kier alpha value is -1.70. The number of carbonyl (C=O) groups excluding carboxylic acids is 1. The molecule has 0 saturated carbocycles. The van der Waals surface area contributed by atoms with E-state index in [2.05, 4.69) is 50.4 Å². The third-order valence-electron chi connectivity index (χ3n) is 5.55. The minimum absolute atomic E-state index is 0.00516. The fourth-order valence-electron chi connectivity index (χ4n) is 3.58. The zero-order chi connectivity index (χ0) is 21.2. The second-order valence-corrected chi connectivity index (χ2v) is 11.8. The van der Waals surface area contributed by atoms with Crippen LogP contribution in [-0.4, -0.2) is 31.7 Å². The molecule has 1 unspecified atom stereocenters. The van der Waals surface area contributed by atoms with E-state index in [0.29, 0.717) is 30.1 Å². The lowest BCUT2D eigenvalue weighted by atomic mass is 9.86. The third-order valence-corrected chi connectivity index (χ3v) is 8.82. The molecule has 5 nitrogen and oxygen atoms in total. The zero-order valence-corrected chi connectivity index (χ0v) is 19.1. The maximum absolute atomic E-state index is 12.7. The molecule has 1 fully saturated rings. The number of hydrogen-bond acceptors (Lipinski definition) is 4. The molecule has 1 atom stereocenters. The number of piperidine rings is 1. The zero-order valence-electron chi connectivity index (χ0n) is 17.5. The smallest absolute Gasteiger partial charge is 0.252 e. The lowest BCUT2D eigenvalue weighted by molar-refractivity contribution is -0.126. The molecule has 0 aliphatic carbocycles. The highest BCUT2D eigenvalue weighted by molar-refractivity contribution is 7.91. The van der Waals surface area contributed by atoms with Crippen LogP contribution >= 0.6 is 11.3 Å². The van der Waals surface area contributed by atoms with Crippen molar-refractivity contribution in [2.45, 2.75) is 56.2 Å². The standard InChI is InChI=1S/C22H30N2O3S2/c1-16(17-7-9-19(10-8-17)22(2,3)4)23-21(25)18-11-13-24(14-12-18)29(26,27)20-6-5-15-28-20/h5-10,15-16,18H,11-14H2,1-4H3,(H,23,25). The quantitative estimate of drug-likeness (QED) is 0.762. The molecule has 0 bridgehead atoms. The molecule has 0 radical (unpaired) electrons. The van der Waals surface area contributed by atoms with E-state index in [4.69, 9.17) is 0 Å². The van der Waals surface area contributed by atoms with Gasteiger partial charge in [0.2, 0.25) is 5.91 Å². The first kappa shape index (κ1) is 22.0. The van der Waals surface area contributed by atoms with Gasteiger partial charge in [0, 0.05) is 19.0 Å². The number of thiophene rings is 1. The summed E-state index contributed by atoms with van der Waals surface area (Å²) in [6.45, 7) is 9.29. The van der Waals surface area contributed by atoms with Crippen molar-refractivity contribution in [2.75, 3.05) is 13.1 Å². The highest BCUT2D eigenvalue weighted by atomic mass is 32.2. The molecule has 1 aliphatic rings. The number of nitrogens with one attached hydrogen (secondary N) is 1. The maximum Gasteiger partial charge on any atom is 0.252 e. The maximum atomic E-state index is 12.7. The first-order chi connectivity index (χ1) is 13.6. The summed E-state index contributed by atoms with van der Waals surface area (Å²) in [4.78, 5) is 12.7. The second kappa shape index (κ2) is 8.58. The van der Waals surface area contributed by atoms with Crippen molar-refractivity contribution >= 4 is 27.3 Å². The number of benzene rings is 1. The van der Waals surface area contributed by atoms with E-state index in [1.807, 2.05) is 6.92 Å².